The molecule has 0 rings (SSSR count). The highest BCUT2D eigenvalue weighted by molar-refractivity contribution is 5.84. The number of methoxy groups -OCH3 is 1. The Morgan fingerprint density at radius 2 is 1.71 bits per heavy atom. The van der Waals surface area contributed by atoms with Gasteiger partial charge >= 0.3 is 5.97 Å². The van der Waals surface area contributed by atoms with Gasteiger partial charge in [0.05, 0.1) is 7.11 Å². The molecule has 0 saturated heterocycles. The summed E-state index contributed by atoms with van der Waals surface area (Å²) in [5.74, 6) is -0.747. The SMILES string of the molecule is COC(=O)C(NC(=O)CCCNC(=O)C(C)(C)C)C(C)C. The zero-order valence-corrected chi connectivity index (χ0v) is 13.9. The van der Waals surface area contributed by atoms with Crippen LogP contribution in [0.15, 0.2) is 0 Å². The average molecular weight is 300 g/mol. The quantitative estimate of drug-likeness (QED) is 0.547. The van der Waals surface area contributed by atoms with Gasteiger partial charge in [0.15, 0.2) is 0 Å². The Morgan fingerprint density at radius 1 is 1.14 bits per heavy atom. The van der Waals surface area contributed by atoms with Crippen molar-refractivity contribution in [2.45, 2.75) is 53.5 Å². The van der Waals surface area contributed by atoms with Crippen LogP contribution in [-0.2, 0) is 19.1 Å². The van der Waals surface area contributed by atoms with E-state index in [1.165, 1.54) is 7.11 Å². The van der Waals surface area contributed by atoms with E-state index in [1.807, 2.05) is 34.6 Å². The van der Waals surface area contributed by atoms with E-state index in [0.29, 0.717) is 13.0 Å². The fourth-order valence-corrected chi connectivity index (χ4v) is 1.59. The largest absolute Gasteiger partial charge is 0.467 e. The van der Waals surface area contributed by atoms with Crippen LogP contribution in [0.3, 0.4) is 0 Å². The number of nitrogens with one attached hydrogen (secondary N) is 2. The fourth-order valence-electron chi connectivity index (χ4n) is 1.59. The molecule has 0 bridgehead atoms. The smallest absolute Gasteiger partial charge is 0.328 e. The highest BCUT2D eigenvalue weighted by Gasteiger charge is 2.24. The lowest BCUT2D eigenvalue weighted by molar-refractivity contribution is -0.146. The van der Waals surface area contributed by atoms with E-state index in [9.17, 15) is 14.4 Å². The fraction of sp³-hybridized carbons (Fsp3) is 0.800. The molecule has 0 spiro atoms. The van der Waals surface area contributed by atoms with Crippen molar-refractivity contribution in [3.05, 3.63) is 0 Å². The molecular formula is C15H28N2O4. The van der Waals surface area contributed by atoms with Crippen molar-refractivity contribution in [2.24, 2.45) is 11.3 Å². The van der Waals surface area contributed by atoms with Gasteiger partial charge in [0.25, 0.3) is 0 Å². The lowest BCUT2D eigenvalue weighted by Crippen LogP contribution is -2.45. The second-order valence-corrected chi connectivity index (χ2v) is 6.42. The Labute approximate surface area is 127 Å². The van der Waals surface area contributed by atoms with Gasteiger partial charge in [-0.05, 0) is 12.3 Å². The molecule has 0 aromatic rings. The van der Waals surface area contributed by atoms with Crippen LogP contribution in [0, 0.1) is 11.3 Å². The molecule has 0 aromatic heterocycles. The molecule has 1 unspecified atom stereocenters. The minimum atomic E-state index is -0.633. The molecular weight excluding hydrogens is 272 g/mol. The maximum absolute atomic E-state index is 11.8. The molecule has 2 amide bonds. The number of esters is 1. The topological polar surface area (TPSA) is 84.5 Å². The minimum absolute atomic E-state index is 0.0398. The van der Waals surface area contributed by atoms with Crippen LogP contribution in [0.2, 0.25) is 0 Å². The van der Waals surface area contributed by atoms with Gasteiger partial charge in [-0.2, -0.15) is 0 Å². The van der Waals surface area contributed by atoms with Gasteiger partial charge in [-0.1, -0.05) is 34.6 Å². The van der Waals surface area contributed by atoms with Crippen LogP contribution in [0.25, 0.3) is 0 Å². The predicted molar refractivity (Wildman–Crippen MR) is 80.5 cm³/mol. The molecule has 0 aliphatic carbocycles. The standard InChI is InChI=1S/C15H28N2O4/c1-10(2)12(13(19)21-6)17-11(18)8-7-9-16-14(20)15(3,4)5/h10,12H,7-9H2,1-6H3,(H,16,20)(H,17,18). The number of carbonyl (C=O) groups is 3. The van der Waals surface area contributed by atoms with Gasteiger partial charge in [0.2, 0.25) is 11.8 Å². The summed E-state index contributed by atoms with van der Waals surface area (Å²) in [6.45, 7) is 9.61. The third-order valence-electron chi connectivity index (χ3n) is 2.99. The molecule has 0 radical (unpaired) electrons. The predicted octanol–water partition coefficient (Wildman–Crippen LogP) is 1.24. The summed E-state index contributed by atoms with van der Waals surface area (Å²) >= 11 is 0. The van der Waals surface area contributed by atoms with Crippen molar-refractivity contribution in [3.8, 4) is 0 Å². The van der Waals surface area contributed by atoms with Gasteiger partial charge in [0.1, 0.15) is 6.04 Å². The summed E-state index contributed by atoms with van der Waals surface area (Å²) in [6.07, 6.45) is 0.782. The Morgan fingerprint density at radius 3 is 2.14 bits per heavy atom. The van der Waals surface area contributed by atoms with Crippen molar-refractivity contribution in [3.63, 3.8) is 0 Å². The van der Waals surface area contributed by atoms with Crippen molar-refractivity contribution >= 4 is 17.8 Å². The highest BCUT2D eigenvalue weighted by Crippen LogP contribution is 2.12. The normalized spacial score (nSPS) is 12.7. The Kier molecular flexibility index (Phi) is 7.99. The lowest BCUT2D eigenvalue weighted by Gasteiger charge is -2.20. The van der Waals surface area contributed by atoms with Gasteiger partial charge in [0, 0.05) is 18.4 Å². The zero-order valence-electron chi connectivity index (χ0n) is 13.9. The second-order valence-electron chi connectivity index (χ2n) is 6.42. The summed E-state index contributed by atoms with van der Waals surface area (Å²) < 4.78 is 4.66. The Hall–Kier alpha value is -1.59. The maximum Gasteiger partial charge on any atom is 0.328 e. The van der Waals surface area contributed by atoms with Crippen LogP contribution in [0.5, 0.6) is 0 Å². The van der Waals surface area contributed by atoms with E-state index in [1.54, 1.807) is 0 Å². The zero-order chi connectivity index (χ0) is 16.6. The van der Waals surface area contributed by atoms with Gasteiger partial charge < -0.3 is 15.4 Å². The Bertz CT molecular complexity index is 372. The second kappa shape index (κ2) is 8.64. The third kappa shape index (κ3) is 7.68. The Balaban J connectivity index is 4.10. The van der Waals surface area contributed by atoms with Gasteiger partial charge in [-0.15, -0.1) is 0 Å². The first-order valence-corrected chi connectivity index (χ1v) is 7.25. The van der Waals surface area contributed by atoms with E-state index >= 15 is 0 Å². The summed E-state index contributed by atoms with van der Waals surface area (Å²) in [4.78, 5) is 34.9. The van der Waals surface area contributed by atoms with Crippen LogP contribution in [0.4, 0.5) is 0 Å². The molecule has 0 aliphatic rings. The van der Waals surface area contributed by atoms with Crippen molar-refractivity contribution < 1.29 is 19.1 Å². The lowest BCUT2D eigenvalue weighted by atomic mass is 9.96. The molecule has 0 saturated carbocycles. The van der Waals surface area contributed by atoms with Crippen LogP contribution < -0.4 is 10.6 Å². The summed E-state index contributed by atoms with van der Waals surface area (Å²) in [5, 5.41) is 5.44. The third-order valence-corrected chi connectivity index (χ3v) is 2.99. The summed E-state index contributed by atoms with van der Waals surface area (Å²) in [6, 6.07) is -0.633. The molecule has 6 heteroatoms. The van der Waals surface area contributed by atoms with E-state index in [0.717, 1.165) is 0 Å². The first-order chi connectivity index (χ1) is 9.59. The molecule has 122 valence electrons. The van der Waals surface area contributed by atoms with Crippen molar-refractivity contribution in [1.29, 1.82) is 0 Å². The number of rotatable bonds is 7. The number of carbonyl (C=O) groups excluding carboxylic acids is 3. The molecule has 0 aromatic carbocycles. The number of hydrogen-bond donors (Lipinski definition) is 2. The van der Waals surface area contributed by atoms with Gasteiger partial charge in [-0.25, -0.2) is 4.79 Å². The van der Waals surface area contributed by atoms with Crippen LogP contribution >= 0.6 is 0 Å². The molecule has 0 aliphatic heterocycles. The van der Waals surface area contributed by atoms with Crippen LogP contribution in [-0.4, -0.2) is 37.5 Å². The van der Waals surface area contributed by atoms with E-state index in [2.05, 4.69) is 15.4 Å². The molecule has 6 nitrogen and oxygen atoms in total. The minimum Gasteiger partial charge on any atom is -0.467 e. The molecule has 0 heterocycles. The van der Waals surface area contributed by atoms with Crippen LogP contribution in [0.1, 0.15) is 47.5 Å². The van der Waals surface area contributed by atoms with Crippen molar-refractivity contribution in [2.75, 3.05) is 13.7 Å². The first-order valence-electron chi connectivity index (χ1n) is 7.25. The number of ether oxygens (including phenoxy) is 1. The summed E-state index contributed by atoms with van der Waals surface area (Å²) in [5.41, 5.74) is -0.435. The number of amides is 2. The molecule has 1 atom stereocenters. The number of hydrogen-bond acceptors (Lipinski definition) is 4. The molecule has 0 fully saturated rings. The monoisotopic (exact) mass is 300 g/mol. The molecule has 2 N–H and O–H groups in total. The van der Waals surface area contributed by atoms with E-state index in [4.69, 9.17) is 0 Å². The highest BCUT2D eigenvalue weighted by atomic mass is 16.5. The van der Waals surface area contributed by atoms with E-state index in [-0.39, 0.29) is 24.2 Å². The van der Waals surface area contributed by atoms with Crippen molar-refractivity contribution in [1.82, 2.24) is 10.6 Å². The summed E-state index contributed by atoms with van der Waals surface area (Å²) in [7, 11) is 1.30. The average Bonchev–Trinajstić information content (AvgIpc) is 2.38. The molecule has 21 heavy (non-hydrogen) atoms. The maximum atomic E-state index is 11.8. The first kappa shape index (κ1) is 19.4. The van der Waals surface area contributed by atoms with Gasteiger partial charge in [-0.3, -0.25) is 9.59 Å². The van der Waals surface area contributed by atoms with E-state index < -0.39 is 17.4 Å².